The van der Waals surface area contributed by atoms with E-state index in [-0.39, 0.29) is 11.6 Å². The van der Waals surface area contributed by atoms with Crippen molar-refractivity contribution >= 4 is 11.9 Å². The van der Waals surface area contributed by atoms with Gasteiger partial charge in [0.1, 0.15) is 23.5 Å². The zero-order valence-electron chi connectivity index (χ0n) is 14.1. The predicted octanol–water partition coefficient (Wildman–Crippen LogP) is 3.38. The van der Waals surface area contributed by atoms with Gasteiger partial charge in [-0.25, -0.2) is 13.8 Å². The Morgan fingerprint density at radius 3 is 2.65 bits per heavy atom. The molecule has 6 nitrogen and oxygen atoms in total. The van der Waals surface area contributed by atoms with Crippen LogP contribution in [-0.4, -0.2) is 27.5 Å². The van der Waals surface area contributed by atoms with Crippen molar-refractivity contribution in [3.8, 4) is 11.5 Å². The molecule has 1 aliphatic carbocycles. The molecule has 2 N–H and O–H groups in total. The molecule has 0 aliphatic heterocycles. The number of hydrogen-bond acceptors (Lipinski definition) is 4. The number of carboxylic acid groups (broad SMARTS) is 1. The normalized spacial score (nSPS) is 22.8. The Bertz CT molecular complexity index is 831. The summed E-state index contributed by atoms with van der Waals surface area (Å²) in [6, 6.07) is 3.33. The molecule has 0 spiro atoms. The van der Waals surface area contributed by atoms with Crippen LogP contribution < -0.4 is 5.32 Å². The van der Waals surface area contributed by atoms with Gasteiger partial charge in [-0.1, -0.05) is 18.9 Å². The molecule has 8 heteroatoms. The van der Waals surface area contributed by atoms with Crippen LogP contribution in [0.2, 0.25) is 0 Å². The molecule has 1 heterocycles. The molecule has 1 aromatic heterocycles. The van der Waals surface area contributed by atoms with Crippen molar-refractivity contribution in [2.45, 2.75) is 38.1 Å². The number of halogens is 2. The van der Waals surface area contributed by atoms with Crippen molar-refractivity contribution in [2.24, 2.45) is 5.92 Å². The van der Waals surface area contributed by atoms with E-state index < -0.39 is 40.5 Å². The average Bonchev–Trinajstić information content (AvgIpc) is 3.04. The third-order valence-corrected chi connectivity index (χ3v) is 4.82. The van der Waals surface area contributed by atoms with Crippen LogP contribution in [0.3, 0.4) is 0 Å². The minimum atomic E-state index is -0.971. The van der Waals surface area contributed by atoms with Crippen molar-refractivity contribution < 1.29 is 27.9 Å². The summed E-state index contributed by atoms with van der Waals surface area (Å²) in [6.45, 7) is 1.68. The first kappa shape index (κ1) is 18.0. The van der Waals surface area contributed by atoms with E-state index in [4.69, 9.17) is 4.42 Å². The zero-order chi connectivity index (χ0) is 18.9. The van der Waals surface area contributed by atoms with E-state index >= 15 is 0 Å². The van der Waals surface area contributed by atoms with Gasteiger partial charge in [-0.05, 0) is 31.9 Å². The fraction of sp³-hybridized carbons (Fsp3) is 0.389. The number of carboxylic acids is 1. The lowest BCUT2D eigenvalue weighted by molar-refractivity contribution is -0.145. The predicted molar refractivity (Wildman–Crippen MR) is 87.3 cm³/mol. The van der Waals surface area contributed by atoms with Crippen molar-refractivity contribution in [1.82, 2.24) is 10.3 Å². The van der Waals surface area contributed by atoms with E-state index in [0.717, 1.165) is 31.2 Å². The molecule has 1 saturated carbocycles. The van der Waals surface area contributed by atoms with Gasteiger partial charge in [-0.2, -0.15) is 0 Å². The Morgan fingerprint density at radius 2 is 2.00 bits per heavy atom. The summed E-state index contributed by atoms with van der Waals surface area (Å²) in [4.78, 5) is 27.8. The highest BCUT2D eigenvalue weighted by Gasteiger charge is 2.42. The summed E-state index contributed by atoms with van der Waals surface area (Å²) >= 11 is 0. The lowest BCUT2D eigenvalue weighted by Gasteiger charge is -2.39. The molecule has 1 aliphatic rings. The van der Waals surface area contributed by atoms with Gasteiger partial charge >= 0.3 is 5.97 Å². The third kappa shape index (κ3) is 3.31. The Morgan fingerprint density at radius 1 is 1.31 bits per heavy atom. The first-order valence-corrected chi connectivity index (χ1v) is 8.27. The number of aliphatic carboxylic acids is 1. The van der Waals surface area contributed by atoms with Crippen LogP contribution in [0, 0.1) is 17.6 Å². The lowest BCUT2D eigenvalue weighted by atomic mass is 9.74. The molecule has 1 amide bonds. The number of amides is 1. The van der Waals surface area contributed by atoms with Gasteiger partial charge in [0.25, 0.3) is 5.91 Å². The minimum absolute atomic E-state index is 0.168. The largest absolute Gasteiger partial charge is 0.481 e. The summed E-state index contributed by atoms with van der Waals surface area (Å²) in [7, 11) is 0. The van der Waals surface area contributed by atoms with E-state index in [9.17, 15) is 23.5 Å². The molecule has 0 saturated heterocycles. The molecule has 2 aromatic rings. The molecular formula is C18H18F2N2O4. The van der Waals surface area contributed by atoms with E-state index in [2.05, 4.69) is 10.3 Å². The molecular weight excluding hydrogens is 346 g/mol. The molecule has 3 rings (SSSR count). The number of hydrogen-bond donors (Lipinski definition) is 2. The number of benzene rings is 1. The SMILES string of the molecule is CC1(NC(=O)c2coc(-c3c(F)cccc3F)n2)CCCCC1C(=O)O. The first-order valence-electron chi connectivity index (χ1n) is 8.27. The Hall–Kier alpha value is -2.77. The first-order chi connectivity index (χ1) is 12.3. The van der Waals surface area contributed by atoms with Gasteiger partial charge in [0.2, 0.25) is 5.89 Å². The second-order valence-corrected chi connectivity index (χ2v) is 6.64. The van der Waals surface area contributed by atoms with Gasteiger partial charge in [-0.3, -0.25) is 9.59 Å². The van der Waals surface area contributed by atoms with Crippen LogP contribution in [0.25, 0.3) is 11.5 Å². The van der Waals surface area contributed by atoms with Crippen LogP contribution in [0.1, 0.15) is 43.1 Å². The number of aromatic nitrogens is 1. The monoisotopic (exact) mass is 364 g/mol. The number of nitrogens with one attached hydrogen (secondary N) is 1. The smallest absolute Gasteiger partial charge is 0.308 e. The van der Waals surface area contributed by atoms with Crippen molar-refractivity contribution in [3.05, 3.63) is 41.8 Å². The summed E-state index contributed by atoms with van der Waals surface area (Å²) in [5.74, 6) is -4.40. The van der Waals surface area contributed by atoms with Crippen LogP contribution >= 0.6 is 0 Å². The number of oxazole rings is 1. The van der Waals surface area contributed by atoms with E-state index in [0.29, 0.717) is 12.8 Å². The molecule has 138 valence electrons. The van der Waals surface area contributed by atoms with E-state index in [1.807, 2.05) is 0 Å². The second kappa shape index (κ2) is 6.86. The fourth-order valence-corrected chi connectivity index (χ4v) is 3.40. The highest BCUT2D eigenvalue weighted by molar-refractivity contribution is 5.93. The topological polar surface area (TPSA) is 92.4 Å². The van der Waals surface area contributed by atoms with Crippen molar-refractivity contribution in [3.63, 3.8) is 0 Å². The van der Waals surface area contributed by atoms with Gasteiger partial charge in [0.05, 0.1) is 11.5 Å². The molecule has 0 radical (unpaired) electrons. The molecule has 1 aromatic carbocycles. The maximum Gasteiger partial charge on any atom is 0.308 e. The average molecular weight is 364 g/mol. The minimum Gasteiger partial charge on any atom is -0.481 e. The van der Waals surface area contributed by atoms with E-state index in [1.54, 1.807) is 6.92 Å². The van der Waals surface area contributed by atoms with Crippen LogP contribution in [0.15, 0.2) is 28.9 Å². The van der Waals surface area contributed by atoms with Gasteiger partial charge in [0.15, 0.2) is 5.69 Å². The molecule has 1 fully saturated rings. The Labute approximate surface area is 148 Å². The maximum absolute atomic E-state index is 13.8. The molecule has 0 bridgehead atoms. The summed E-state index contributed by atoms with van der Waals surface area (Å²) in [5.41, 5.74) is -1.55. The van der Waals surface area contributed by atoms with Crippen LogP contribution in [0.5, 0.6) is 0 Å². The highest BCUT2D eigenvalue weighted by Crippen LogP contribution is 2.34. The van der Waals surface area contributed by atoms with Gasteiger partial charge < -0.3 is 14.8 Å². The standard InChI is InChI=1S/C18H18F2N2O4/c1-18(8-3-2-5-10(18)17(24)25)22-15(23)13-9-26-16(21-13)14-11(19)6-4-7-12(14)20/h4,6-7,9-10H,2-3,5,8H2,1H3,(H,22,23)(H,24,25). The maximum atomic E-state index is 13.8. The number of nitrogens with zero attached hydrogens (tertiary/aromatic N) is 1. The van der Waals surface area contributed by atoms with Gasteiger partial charge in [0, 0.05) is 0 Å². The quantitative estimate of drug-likeness (QED) is 0.868. The van der Waals surface area contributed by atoms with Crippen LogP contribution in [0.4, 0.5) is 8.78 Å². The summed E-state index contributed by atoms with van der Waals surface area (Å²) in [6.07, 6.45) is 3.56. The second-order valence-electron chi connectivity index (χ2n) is 6.64. The Balaban J connectivity index is 1.83. The van der Waals surface area contributed by atoms with Crippen molar-refractivity contribution in [1.29, 1.82) is 0 Å². The number of carbonyl (C=O) groups excluding carboxylic acids is 1. The zero-order valence-corrected chi connectivity index (χ0v) is 14.1. The molecule has 2 unspecified atom stereocenters. The summed E-state index contributed by atoms with van der Waals surface area (Å²) < 4.78 is 32.7. The Kier molecular flexibility index (Phi) is 4.76. The molecule has 2 atom stereocenters. The van der Waals surface area contributed by atoms with Gasteiger partial charge in [-0.15, -0.1) is 0 Å². The lowest BCUT2D eigenvalue weighted by Crippen LogP contribution is -2.55. The van der Waals surface area contributed by atoms with Crippen molar-refractivity contribution in [2.75, 3.05) is 0 Å². The summed E-state index contributed by atoms with van der Waals surface area (Å²) in [5, 5.41) is 12.1. The molecule has 26 heavy (non-hydrogen) atoms. The fourth-order valence-electron chi connectivity index (χ4n) is 3.40. The number of rotatable bonds is 4. The van der Waals surface area contributed by atoms with E-state index in [1.165, 1.54) is 6.07 Å². The highest BCUT2D eigenvalue weighted by atomic mass is 19.1. The third-order valence-electron chi connectivity index (χ3n) is 4.82. The van der Waals surface area contributed by atoms with Crippen LogP contribution in [-0.2, 0) is 4.79 Å². The number of carbonyl (C=O) groups is 2.